The second-order valence-electron chi connectivity index (χ2n) is 3.46. The molecule has 0 atom stereocenters. The number of pyridine rings is 1. The van der Waals surface area contributed by atoms with Crippen molar-refractivity contribution in [3.8, 4) is 5.75 Å². The van der Waals surface area contributed by atoms with Gasteiger partial charge in [0.2, 0.25) is 0 Å². The van der Waals surface area contributed by atoms with Gasteiger partial charge in [-0.25, -0.2) is 9.37 Å². The zero-order valence-corrected chi connectivity index (χ0v) is 9.62. The summed E-state index contributed by atoms with van der Waals surface area (Å²) in [6.07, 6.45) is 1.63. The summed E-state index contributed by atoms with van der Waals surface area (Å²) in [5, 5.41) is 0.0398. The van der Waals surface area contributed by atoms with Crippen LogP contribution in [0.2, 0.25) is 5.02 Å². The Morgan fingerprint density at radius 1 is 1.29 bits per heavy atom. The Morgan fingerprint density at radius 2 is 2.12 bits per heavy atom. The van der Waals surface area contributed by atoms with Crippen LogP contribution in [0.1, 0.15) is 5.56 Å². The Balaban J connectivity index is 2.02. The van der Waals surface area contributed by atoms with E-state index >= 15 is 0 Å². The van der Waals surface area contributed by atoms with E-state index in [4.69, 9.17) is 22.1 Å². The minimum atomic E-state index is -0.465. The average Bonchev–Trinajstić information content (AvgIpc) is 2.33. The van der Waals surface area contributed by atoms with Crippen LogP contribution in [0.3, 0.4) is 0 Å². The van der Waals surface area contributed by atoms with Gasteiger partial charge in [0.05, 0.1) is 5.02 Å². The van der Waals surface area contributed by atoms with Gasteiger partial charge >= 0.3 is 0 Å². The first-order chi connectivity index (χ1) is 8.15. The Bertz CT molecular complexity index is 516. The summed E-state index contributed by atoms with van der Waals surface area (Å²) in [5.41, 5.74) is 6.33. The van der Waals surface area contributed by atoms with Crippen molar-refractivity contribution in [1.29, 1.82) is 0 Å². The Kier molecular flexibility index (Phi) is 3.44. The van der Waals surface area contributed by atoms with Crippen LogP contribution in [-0.2, 0) is 6.61 Å². The van der Waals surface area contributed by atoms with E-state index in [1.807, 2.05) is 6.07 Å². The average molecular weight is 253 g/mol. The highest BCUT2D eigenvalue weighted by atomic mass is 35.5. The molecule has 1 heterocycles. The summed E-state index contributed by atoms with van der Waals surface area (Å²) in [6, 6.07) is 7.72. The molecule has 1 aromatic carbocycles. The van der Waals surface area contributed by atoms with Gasteiger partial charge < -0.3 is 10.5 Å². The summed E-state index contributed by atoms with van der Waals surface area (Å²) < 4.78 is 18.3. The molecule has 2 aromatic rings. The maximum Gasteiger partial charge on any atom is 0.142 e. The van der Waals surface area contributed by atoms with Crippen LogP contribution in [0.4, 0.5) is 10.2 Å². The lowest BCUT2D eigenvalue weighted by Crippen LogP contribution is -1.97. The number of nitrogens with zero attached hydrogens (tertiary/aromatic N) is 1. The number of rotatable bonds is 3. The maximum atomic E-state index is 12.9. The molecule has 0 saturated heterocycles. The smallest absolute Gasteiger partial charge is 0.142 e. The summed E-state index contributed by atoms with van der Waals surface area (Å²) in [5.74, 6) is 0.500. The number of hydrogen-bond donors (Lipinski definition) is 1. The van der Waals surface area contributed by atoms with E-state index in [0.717, 1.165) is 5.56 Å². The highest BCUT2D eigenvalue weighted by Crippen LogP contribution is 2.21. The summed E-state index contributed by atoms with van der Waals surface area (Å²) >= 11 is 5.63. The van der Waals surface area contributed by atoms with Crippen LogP contribution < -0.4 is 10.5 Å². The number of hydrogen-bond acceptors (Lipinski definition) is 3. The van der Waals surface area contributed by atoms with Crippen LogP contribution in [0.15, 0.2) is 36.5 Å². The molecule has 0 aliphatic rings. The maximum absolute atomic E-state index is 12.9. The molecule has 3 nitrogen and oxygen atoms in total. The molecular weight excluding hydrogens is 243 g/mol. The molecule has 17 heavy (non-hydrogen) atoms. The minimum absolute atomic E-state index is 0.0398. The van der Waals surface area contributed by atoms with Gasteiger partial charge in [0.1, 0.15) is 24.0 Å². The molecule has 0 radical (unpaired) electrons. The number of nitrogens with two attached hydrogens (primary N) is 1. The van der Waals surface area contributed by atoms with Gasteiger partial charge in [-0.05, 0) is 18.2 Å². The summed E-state index contributed by atoms with van der Waals surface area (Å²) in [4.78, 5) is 3.93. The molecule has 1 aromatic heterocycles. The number of benzene rings is 1. The first-order valence-corrected chi connectivity index (χ1v) is 5.31. The predicted octanol–water partition coefficient (Wildman–Crippen LogP) is 3.04. The topological polar surface area (TPSA) is 48.1 Å². The lowest BCUT2D eigenvalue weighted by molar-refractivity contribution is 0.305. The summed E-state index contributed by atoms with van der Waals surface area (Å²) in [7, 11) is 0. The Hall–Kier alpha value is -1.81. The molecule has 5 heteroatoms. The van der Waals surface area contributed by atoms with Gasteiger partial charge in [0, 0.05) is 17.8 Å². The van der Waals surface area contributed by atoms with E-state index in [1.165, 1.54) is 18.2 Å². The van der Waals surface area contributed by atoms with Gasteiger partial charge in [-0.1, -0.05) is 17.7 Å². The molecule has 0 bridgehead atoms. The van der Waals surface area contributed by atoms with Crippen molar-refractivity contribution in [1.82, 2.24) is 4.98 Å². The molecule has 0 saturated carbocycles. The van der Waals surface area contributed by atoms with Crippen molar-refractivity contribution in [2.75, 3.05) is 5.73 Å². The predicted molar refractivity (Wildman–Crippen MR) is 64.4 cm³/mol. The number of ether oxygens (including phenoxy) is 1. The third-order valence-corrected chi connectivity index (χ3v) is 2.43. The van der Waals surface area contributed by atoms with E-state index in [1.54, 1.807) is 12.3 Å². The first kappa shape index (κ1) is 11.7. The second kappa shape index (κ2) is 5.01. The molecule has 0 amide bonds. The quantitative estimate of drug-likeness (QED) is 0.913. The largest absolute Gasteiger partial charge is 0.489 e. The standard InChI is InChI=1S/C12H10ClFN2O/c13-10-5-9(2-3-11(10)14)17-7-8-1-4-12(15)16-6-8/h1-6H,7H2,(H2,15,16). The van der Waals surface area contributed by atoms with E-state index < -0.39 is 5.82 Å². The van der Waals surface area contributed by atoms with Crippen LogP contribution in [0, 0.1) is 5.82 Å². The van der Waals surface area contributed by atoms with E-state index in [-0.39, 0.29) is 5.02 Å². The number of aromatic nitrogens is 1. The van der Waals surface area contributed by atoms with Crippen molar-refractivity contribution in [2.24, 2.45) is 0 Å². The number of nitrogen functional groups attached to an aromatic ring is 1. The molecule has 0 aliphatic heterocycles. The van der Waals surface area contributed by atoms with Crippen LogP contribution in [0.25, 0.3) is 0 Å². The summed E-state index contributed by atoms with van der Waals surface area (Å²) in [6.45, 7) is 0.329. The molecule has 0 spiro atoms. The normalized spacial score (nSPS) is 10.2. The zero-order chi connectivity index (χ0) is 12.3. The fourth-order valence-electron chi connectivity index (χ4n) is 1.25. The van der Waals surface area contributed by atoms with E-state index in [0.29, 0.717) is 18.2 Å². The highest BCUT2D eigenvalue weighted by Gasteiger charge is 2.02. The highest BCUT2D eigenvalue weighted by molar-refractivity contribution is 6.30. The van der Waals surface area contributed by atoms with E-state index in [9.17, 15) is 4.39 Å². The van der Waals surface area contributed by atoms with Crippen molar-refractivity contribution >= 4 is 17.4 Å². The third kappa shape index (κ3) is 3.07. The molecule has 2 N–H and O–H groups in total. The molecular formula is C12H10ClFN2O. The van der Waals surface area contributed by atoms with Gasteiger partial charge in [-0.3, -0.25) is 0 Å². The van der Waals surface area contributed by atoms with Crippen molar-refractivity contribution in [3.05, 3.63) is 52.9 Å². The first-order valence-electron chi connectivity index (χ1n) is 4.93. The van der Waals surface area contributed by atoms with Gasteiger partial charge in [0.15, 0.2) is 0 Å². The molecule has 0 unspecified atom stereocenters. The van der Waals surface area contributed by atoms with Crippen LogP contribution >= 0.6 is 11.6 Å². The third-order valence-electron chi connectivity index (χ3n) is 2.14. The monoisotopic (exact) mass is 252 g/mol. The fourth-order valence-corrected chi connectivity index (χ4v) is 1.43. The molecule has 2 rings (SSSR count). The molecule has 0 aliphatic carbocycles. The van der Waals surface area contributed by atoms with Gasteiger partial charge in [-0.15, -0.1) is 0 Å². The molecule has 0 fully saturated rings. The van der Waals surface area contributed by atoms with Gasteiger partial charge in [-0.2, -0.15) is 0 Å². The van der Waals surface area contributed by atoms with Crippen molar-refractivity contribution in [3.63, 3.8) is 0 Å². The van der Waals surface area contributed by atoms with Crippen molar-refractivity contribution in [2.45, 2.75) is 6.61 Å². The van der Waals surface area contributed by atoms with E-state index in [2.05, 4.69) is 4.98 Å². The van der Waals surface area contributed by atoms with Crippen LogP contribution in [0.5, 0.6) is 5.75 Å². The minimum Gasteiger partial charge on any atom is -0.489 e. The fraction of sp³-hybridized carbons (Fsp3) is 0.0833. The van der Waals surface area contributed by atoms with Crippen LogP contribution in [-0.4, -0.2) is 4.98 Å². The lowest BCUT2D eigenvalue weighted by atomic mass is 10.3. The zero-order valence-electron chi connectivity index (χ0n) is 8.86. The Morgan fingerprint density at radius 3 is 2.76 bits per heavy atom. The molecule has 88 valence electrons. The van der Waals surface area contributed by atoms with Gasteiger partial charge in [0.25, 0.3) is 0 Å². The number of halogens is 2. The lowest BCUT2D eigenvalue weighted by Gasteiger charge is -2.06. The Labute approximate surface area is 103 Å². The number of anilines is 1. The van der Waals surface area contributed by atoms with Crippen molar-refractivity contribution < 1.29 is 9.13 Å². The second-order valence-corrected chi connectivity index (χ2v) is 3.86. The SMILES string of the molecule is Nc1ccc(COc2ccc(F)c(Cl)c2)cn1.